The lowest BCUT2D eigenvalue weighted by molar-refractivity contribution is -0.384. The summed E-state index contributed by atoms with van der Waals surface area (Å²) < 4.78 is 9.56. The van der Waals surface area contributed by atoms with Crippen molar-refractivity contribution in [3.8, 4) is 0 Å². The van der Waals surface area contributed by atoms with E-state index < -0.39 is 45.6 Å². The van der Waals surface area contributed by atoms with E-state index in [9.17, 15) is 24.6 Å². The van der Waals surface area contributed by atoms with Gasteiger partial charge in [-0.2, -0.15) is 0 Å². The second-order valence-electron chi connectivity index (χ2n) is 4.63. The van der Waals surface area contributed by atoms with Crippen molar-refractivity contribution in [3.05, 3.63) is 39.9 Å². The van der Waals surface area contributed by atoms with Gasteiger partial charge in [-0.25, -0.2) is 0 Å². The van der Waals surface area contributed by atoms with Gasteiger partial charge in [-0.05, 0) is 17.7 Å². The molecule has 0 heterocycles. The van der Waals surface area contributed by atoms with Crippen molar-refractivity contribution in [1.29, 1.82) is 0 Å². The Balaban J connectivity index is 0.00000118. The van der Waals surface area contributed by atoms with Crippen LogP contribution in [0, 0.1) is 10.1 Å². The van der Waals surface area contributed by atoms with E-state index in [0.717, 1.165) is 0 Å². The minimum absolute atomic E-state index is 0.132. The van der Waals surface area contributed by atoms with Crippen LogP contribution in [-0.2, 0) is 16.0 Å². The Labute approximate surface area is 152 Å². The van der Waals surface area contributed by atoms with Gasteiger partial charge in [0, 0.05) is 12.1 Å². The fourth-order valence-corrected chi connectivity index (χ4v) is 1.62. The zero-order valence-electron chi connectivity index (χ0n) is 12.9. The Hall–Kier alpha value is -1.10. The van der Waals surface area contributed by atoms with Crippen molar-refractivity contribution in [2.45, 2.75) is 17.0 Å². The minimum Gasteiger partial charge on any atom is -0.617 e. The first kappa shape index (κ1) is 22.9. The Kier molecular flexibility index (Phi) is 10.9. The maximum Gasteiger partial charge on any atom is 0.269 e. The van der Waals surface area contributed by atoms with Crippen LogP contribution in [0.4, 0.5) is 5.69 Å². The van der Waals surface area contributed by atoms with Gasteiger partial charge >= 0.3 is 0 Å². The monoisotopic (exact) mass is 400 g/mol. The van der Waals surface area contributed by atoms with Crippen molar-refractivity contribution in [2.24, 2.45) is 0 Å². The third-order valence-corrected chi connectivity index (χ3v) is 2.95. The first-order valence-corrected chi connectivity index (χ1v) is 9.31. The van der Waals surface area contributed by atoms with Gasteiger partial charge in [0.15, 0.2) is 4.84 Å². The van der Waals surface area contributed by atoms with Gasteiger partial charge in [0.25, 0.3) is 11.6 Å². The van der Waals surface area contributed by atoms with E-state index in [1.165, 1.54) is 24.3 Å². The molecular weight excluding hydrogens is 383 g/mol. The molecule has 0 saturated carbocycles. The zero-order chi connectivity index (χ0) is 18.9. The van der Waals surface area contributed by atoms with Gasteiger partial charge < -0.3 is 20.1 Å². The highest BCUT2D eigenvalue weighted by Crippen LogP contribution is 2.20. The van der Waals surface area contributed by atoms with Crippen molar-refractivity contribution < 1.29 is 24.5 Å². The van der Waals surface area contributed by atoms with Crippen LogP contribution in [0.15, 0.2) is 24.3 Å². The highest BCUT2D eigenvalue weighted by Gasteiger charge is 2.24. The predicted octanol–water partition coefficient (Wildman–Crippen LogP) is 0.904. The summed E-state index contributed by atoms with van der Waals surface area (Å²) in [5.74, 6) is -0.756. The molecule has 1 aromatic carbocycles. The van der Waals surface area contributed by atoms with Gasteiger partial charge in [-0.1, -0.05) is 34.4 Å². The molecule has 0 spiro atoms. The van der Waals surface area contributed by atoms with Crippen LogP contribution in [0.5, 0.6) is 0 Å². The zero-order valence-corrected chi connectivity index (χ0v) is 15.2. The van der Waals surface area contributed by atoms with Gasteiger partial charge in [-0.15, -0.1) is 0 Å². The van der Waals surface area contributed by atoms with Crippen molar-refractivity contribution in [1.82, 2.24) is 5.32 Å². The van der Waals surface area contributed by atoms with Crippen LogP contribution in [-0.4, -0.2) is 55.6 Å². The number of nitro benzene ring substituents is 1. The second kappa shape index (κ2) is 11.5. The Bertz CT molecular complexity index is 527. The maximum absolute atomic E-state index is 11.3. The summed E-state index contributed by atoms with van der Waals surface area (Å²) in [4.78, 5) is 19.9. The molecule has 136 valence electrons. The number of nitrogens with one attached hydrogen (secondary N) is 1. The van der Waals surface area contributed by atoms with E-state index in [2.05, 4.69) is 5.32 Å². The highest BCUT2D eigenvalue weighted by molar-refractivity contribution is 7.89. The molecule has 0 aliphatic rings. The number of aliphatic hydroxyl groups excluding tert-OH is 2. The third-order valence-electron chi connectivity index (χ3n) is 2.55. The molecule has 0 radical (unpaired) electrons. The quantitative estimate of drug-likeness (QED) is 0.281. The third kappa shape index (κ3) is 8.67. The number of benzene rings is 1. The molecule has 1 rings (SSSR count). The molecule has 1 amide bonds. The molecule has 11 heteroatoms. The summed E-state index contributed by atoms with van der Waals surface area (Å²) in [5.41, 5.74) is 0.169. The molecule has 0 unspecified atom stereocenters. The van der Waals surface area contributed by atoms with E-state index in [1.807, 2.05) is 0 Å². The molecule has 2 atom stereocenters. The standard InChI is InChI=1S/C11H12Cl2N2O5.C2H6OS/c12-10(13)11(18)14-8(5-16)9(17)6-1-3-7(4-2-6)15(19)20;1-4(2)3/h1-4,8-10,16-17H,5H2,(H,14,18);1-2H3/t8-,9-;/m1./s1. The summed E-state index contributed by atoms with van der Waals surface area (Å²) >= 11 is 10.1. The van der Waals surface area contributed by atoms with E-state index in [-0.39, 0.29) is 5.69 Å². The number of carbonyl (C=O) groups excluding carboxylic acids is 1. The predicted molar refractivity (Wildman–Crippen MR) is 92.6 cm³/mol. The normalized spacial score (nSPS) is 13.0. The first-order valence-electron chi connectivity index (χ1n) is 6.47. The van der Waals surface area contributed by atoms with Crippen LogP contribution in [0.25, 0.3) is 0 Å². The molecule has 0 aromatic heterocycles. The smallest absolute Gasteiger partial charge is 0.269 e. The minimum atomic E-state index is -1.33. The Morgan fingerprint density at radius 1 is 1.33 bits per heavy atom. The number of aliphatic hydroxyl groups is 2. The summed E-state index contributed by atoms with van der Waals surface area (Å²) in [5, 5.41) is 31.9. The number of hydrogen-bond acceptors (Lipinski definition) is 6. The lowest BCUT2D eigenvalue weighted by atomic mass is 10.0. The van der Waals surface area contributed by atoms with Gasteiger partial charge in [0.05, 0.1) is 30.1 Å². The van der Waals surface area contributed by atoms with Crippen LogP contribution < -0.4 is 5.32 Å². The molecule has 1 aromatic rings. The van der Waals surface area contributed by atoms with Crippen LogP contribution in [0.2, 0.25) is 0 Å². The van der Waals surface area contributed by atoms with E-state index in [0.29, 0.717) is 5.56 Å². The molecule has 8 nitrogen and oxygen atoms in total. The van der Waals surface area contributed by atoms with E-state index >= 15 is 0 Å². The summed E-state index contributed by atoms with van der Waals surface area (Å²) in [6.45, 7) is -0.551. The fraction of sp³-hybridized carbons (Fsp3) is 0.462. The molecule has 0 fully saturated rings. The molecule has 24 heavy (non-hydrogen) atoms. The van der Waals surface area contributed by atoms with Crippen molar-refractivity contribution >= 4 is 46.0 Å². The lowest BCUT2D eigenvalue weighted by Gasteiger charge is -2.22. The molecule has 0 bridgehead atoms. The van der Waals surface area contributed by atoms with E-state index in [1.54, 1.807) is 12.5 Å². The van der Waals surface area contributed by atoms with Crippen LogP contribution in [0.1, 0.15) is 11.7 Å². The number of nitrogens with zero attached hydrogens (tertiary/aromatic N) is 1. The Morgan fingerprint density at radius 2 is 1.79 bits per heavy atom. The summed E-state index contributed by atoms with van der Waals surface area (Å²) in [7, 11) is 0. The number of amides is 1. The molecule has 0 aliphatic carbocycles. The van der Waals surface area contributed by atoms with Gasteiger partial charge in [0.1, 0.15) is 6.10 Å². The van der Waals surface area contributed by atoms with Crippen molar-refractivity contribution in [3.63, 3.8) is 0 Å². The second-order valence-corrected chi connectivity index (χ2v) is 7.21. The topological polar surface area (TPSA) is 136 Å². The SMILES string of the molecule is C[S+](C)[O-].O=C(N[C@H](CO)[C@H](O)c1ccc([N+](=O)[O-])cc1)C(Cl)Cl. The number of halogens is 2. The summed E-state index contributed by atoms with van der Waals surface area (Å²) in [6, 6.07) is 4.05. The first-order chi connectivity index (χ1) is 11.1. The molecular formula is C13H18Cl2N2O6S. The highest BCUT2D eigenvalue weighted by atomic mass is 35.5. The summed E-state index contributed by atoms with van der Waals surface area (Å²) in [6.07, 6.45) is 2.02. The number of rotatable bonds is 6. The number of nitro groups is 1. The number of alkyl halides is 2. The number of non-ortho nitro benzene ring substituents is 1. The van der Waals surface area contributed by atoms with Gasteiger partial charge in [-0.3, -0.25) is 14.9 Å². The maximum atomic E-state index is 11.3. The average molecular weight is 401 g/mol. The largest absolute Gasteiger partial charge is 0.617 e. The lowest BCUT2D eigenvalue weighted by Crippen LogP contribution is -2.44. The number of hydrogen-bond donors (Lipinski definition) is 3. The average Bonchev–Trinajstić information content (AvgIpc) is 2.51. The van der Waals surface area contributed by atoms with Gasteiger partial charge in [0.2, 0.25) is 0 Å². The number of carbonyl (C=O) groups is 1. The molecule has 0 saturated heterocycles. The van der Waals surface area contributed by atoms with E-state index in [4.69, 9.17) is 28.3 Å². The Morgan fingerprint density at radius 3 is 2.12 bits per heavy atom. The fourth-order valence-electron chi connectivity index (χ4n) is 1.50. The molecule has 0 aliphatic heterocycles. The van der Waals surface area contributed by atoms with Crippen molar-refractivity contribution in [2.75, 3.05) is 19.1 Å². The van der Waals surface area contributed by atoms with Crippen LogP contribution in [0.3, 0.4) is 0 Å². The molecule has 3 N–H and O–H groups in total. The van der Waals surface area contributed by atoms with Crippen LogP contribution >= 0.6 is 23.2 Å².